The Morgan fingerprint density at radius 2 is 1.89 bits per heavy atom. The van der Waals surface area contributed by atoms with Crippen LogP contribution in [0.15, 0.2) is 17.4 Å². The van der Waals surface area contributed by atoms with Gasteiger partial charge in [-0.05, 0) is 35.1 Å². The van der Waals surface area contributed by atoms with Crippen LogP contribution in [-0.2, 0) is 51.4 Å². The van der Waals surface area contributed by atoms with Crippen molar-refractivity contribution in [3.63, 3.8) is 0 Å². The first-order chi connectivity index (χ1) is 21.7. The third-order valence-electron chi connectivity index (χ3n) is 7.17. The molecule has 19 nitrogen and oxygen atoms in total. The lowest BCUT2D eigenvalue weighted by Gasteiger charge is -2.26. The third kappa shape index (κ3) is 6.84. The zero-order valence-corrected chi connectivity index (χ0v) is 27.6. The molecular formula is C21H26FN9O10P2S3. The van der Waals surface area contributed by atoms with E-state index in [1.807, 2.05) is 0 Å². The topological polar surface area (TPSA) is 270 Å². The number of rotatable bonds is 11. The Morgan fingerprint density at radius 1 is 1.13 bits per heavy atom. The second-order valence-corrected chi connectivity index (χ2v) is 16.3. The van der Waals surface area contributed by atoms with Crippen LogP contribution in [0.4, 0.5) is 16.2 Å². The number of H-pyrrole nitrogens is 1. The molecule has 2 aliphatic heterocycles. The van der Waals surface area contributed by atoms with Gasteiger partial charge in [0.25, 0.3) is 5.56 Å². The SMILES string of the molecule is CO[C@H]1C[C@H](c2snc3c(=O)[nH]c(N)nc23)O[C@@H]1COP(O)(=S)O[C@H]1[C@@H](F)[C@H](n2cnc3c(N)ncnc32)O[C@@H]1COP(O)(O)=S. The van der Waals surface area contributed by atoms with Gasteiger partial charge in [-0.15, -0.1) is 0 Å². The quantitative estimate of drug-likeness (QED) is 0.113. The fourth-order valence-electron chi connectivity index (χ4n) is 5.13. The number of fused-ring (bicyclic) bond motifs is 2. The predicted molar refractivity (Wildman–Crippen MR) is 166 cm³/mol. The number of hydrogen-bond donors (Lipinski definition) is 6. The summed E-state index contributed by atoms with van der Waals surface area (Å²) in [5.74, 6) is -0.0308. The largest absolute Gasteiger partial charge is 0.382 e. The number of nitrogens with two attached hydrogens (primary N) is 2. The van der Waals surface area contributed by atoms with E-state index in [0.717, 1.165) is 17.9 Å². The molecule has 25 heteroatoms. The summed E-state index contributed by atoms with van der Waals surface area (Å²) < 4.78 is 55.0. The van der Waals surface area contributed by atoms with Crippen molar-refractivity contribution in [2.24, 2.45) is 0 Å². The minimum Gasteiger partial charge on any atom is -0.382 e. The molecule has 8 atom stereocenters. The number of aromatic nitrogens is 7. The Kier molecular flexibility index (Phi) is 9.53. The molecule has 4 aromatic heterocycles. The van der Waals surface area contributed by atoms with Crippen molar-refractivity contribution < 1.29 is 46.9 Å². The normalized spacial score (nSPS) is 28.3. The van der Waals surface area contributed by atoms with E-state index in [9.17, 15) is 19.5 Å². The zero-order chi connectivity index (χ0) is 33.0. The summed E-state index contributed by atoms with van der Waals surface area (Å²) in [6.45, 7) is -9.38. The van der Waals surface area contributed by atoms with Gasteiger partial charge < -0.3 is 49.4 Å². The van der Waals surface area contributed by atoms with Gasteiger partial charge in [0.15, 0.2) is 29.4 Å². The number of halogens is 1. The molecule has 46 heavy (non-hydrogen) atoms. The molecule has 0 amide bonds. The van der Waals surface area contributed by atoms with Gasteiger partial charge in [0.1, 0.15) is 35.7 Å². The lowest BCUT2D eigenvalue weighted by Crippen LogP contribution is -2.34. The number of nitrogens with one attached hydrogen (secondary N) is 1. The van der Waals surface area contributed by atoms with Gasteiger partial charge in [0.2, 0.25) is 5.95 Å². The monoisotopic (exact) mass is 741 g/mol. The van der Waals surface area contributed by atoms with Gasteiger partial charge in [0, 0.05) is 13.5 Å². The highest BCUT2D eigenvalue weighted by Gasteiger charge is 2.50. The van der Waals surface area contributed by atoms with Crippen molar-refractivity contribution in [3.05, 3.63) is 27.9 Å². The van der Waals surface area contributed by atoms with Crippen LogP contribution in [0.1, 0.15) is 23.6 Å². The van der Waals surface area contributed by atoms with Gasteiger partial charge in [0.05, 0.1) is 36.6 Å². The van der Waals surface area contributed by atoms with E-state index in [1.54, 1.807) is 0 Å². The second kappa shape index (κ2) is 13.0. The average Bonchev–Trinajstić information content (AvgIpc) is 3.76. The van der Waals surface area contributed by atoms with E-state index < -0.39 is 68.5 Å². The lowest BCUT2D eigenvalue weighted by molar-refractivity contribution is -0.0461. The number of ether oxygens (including phenoxy) is 3. The van der Waals surface area contributed by atoms with Crippen LogP contribution in [-0.4, -0.2) is 99.5 Å². The molecule has 0 aromatic carbocycles. The summed E-state index contributed by atoms with van der Waals surface area (Å²) in [5.41, 5.74) is 11.8. The van der Waals surface area contributed by atoms with Crippen LogP contribution in [0.25, 0.3) is 22.2 Å². The van der Waals surface area contributed by atoms with Gasteiger partial charge >= 0.3 is 13.4 Å². The molecule has 8 N–H and O–H groups in total. The van der Waals surface area contributed by atoms with Crippen molar-refractivity contribution in [2.45, 2.75) is 49.3 Å². The molecule has 0 saturated carbocycles. The molecular weight excluding hydrogens is 715 g/mol. The van der Waals surface area contributed by atoms with E-state index in [2.05, 4.69) is 41.1 Å². The molecule has 2 aliphatic rings. The maximum atomic E-state index is 16.0. The molecule has 0 radical (unpaired) electrons. The molecule has 2 saturated heterocycles. The Labute approximate surface area is 271 Å². The Balaban J connectivity index is 1.17. The van der Waals surface area contributed by atoms with Crippen molar-refractivity contribution >= 4 is 82.5 Å². The Hall–Kier alpha value is -2.21. The summed E-state index contributed by atoms with van der Waals surface area (Å²) in [7, 11) is 1.46. The highest BCUT2D eigenvalue weighted by Crippen LogP contribution is 2.51. The maximum absolute atomic E-state index is 16.0. The molecule has 1 unspecified atom stereocenters. The number of nitrogens with zero attached hydrogens (tertiary/aromatic N) is 6. The van der Waals surface area contributed by atoms with Crippen LogP contribution in [0.5, 0.6) is 0 Å². The number of imidazole rings is 1. The number of nitrogen functional groups attached to an aromatic ring is 2. The number of hydrogen-bond acceptors (Lipinski definition) is 17. The van der Waals surface area contributed by atoms with Crippen LogP contribution >= 0.6 is 25.0 Å². The summed E-state index contributed by atoms with van der Waals surface area (Å²) in [6, 6.07) is 0. The third-order valence-corrected chi connectivity index (χ3v) is 10.5. The number of methoxy groups -OCH3 is 1. The summed E-state index contributed by atoms with van der Waals surface area (Å²) in [6.07, 6.45) is -5.69. The van der Waals surface area contributed by atoms with E-state index in [-0.39, 0.29) is 40.6 Å². The first-order valence-electron chi connectivity index (χ1n) is 13.2. The van der Waals surface area contributed by atoms with Gasteiger partial charge in [-0.1, -0.05) is 0 Å². The first kappa shape index (κ1) is 33.7. The summed E-state index contributed by atoms with van der Waals surface area (Å²) in [4.78, 5) is 61.6. The summed E-state index contributed by atoms with van der Waals surface area (Å²) in [5, 5.41) is 0. The highest BCUT2D eigenvalue weighted by molar-refractivity contribution is 8.07. The van der Waals surface area contributed by atoms with E-state index in [1.165, 1.54) is 18.0 Å². The molecule has 250 valence electrons. The molecule has 6 rings (SSSR count). The van der Waals surface area contributed by atoms with Crippen molar-refractivity contribution in [1.29, 1.82) is 0 Å². The van der Waals surface area contributed by atoms with Gasteiger partial charge in [-0.2, -0.15) is 4.37 Å². The van der Waals surface area contributed by atoms with Crippen molar-refractivity contribution in [2.75, 3.05) is 31.8 Å². The fraction of sp³-hybridized carbons (Fsp3) is 0.524. The summed E-state index contributed by atoms with van der Waals surface area (Å²) >= 11 is 10.7. The molecule has 4 aromatic rings. The van der Waals surface area contributed by atoms with E-state index in [4.69, 9.17) is 51.1 Å². The molecule has 2 fully saturated rings. The minimum atomic E-state index is -4.24. The Bertz CT molecular complexity index is 1910. The molecule has 0 aliphatic carbocycles. The number of alkyl halides is 1. The lowest BCUT2D eigenvalue weighted by atomic mass is 10.1. The van der Waals surface area contributed by atoms with E-state index in [0.29, 0.717) is 11.3 Å². The average molecular weight is 742 g/mol. The van der Waals surface area contributed by atoms with Crippen molar-refractivity contribution in [3.8, 4) is 0 Å². The van der Waals surface area contributed by atoms with Crippen LogP contribution in [0.2, 0.25) is 0 Å². The first-order valence-corrected chi connectivity index (χ1v) is 19.2. The number of aromatic amines is 1. The molecule has 0 spiro atoms. The zero-order valence-electron chi connectivity index (χ0n) is 23.4. The van der Waals surface area contributed by atoms with Crippen LogP contribution in [0.3, 0.4) is 0 Å². The van der Waals surface area contributed by atoms with E-state index >= 15 is 4.39 Å². The van der Waals surface area contributed by atoms with Gasteiger partial charge in [-0.25, -0.2) is 24.3 Å². The molecule has 6 heterocycles. The predicted octanol–water partition coefficient (Wildman–Crippen LogP) is 0.309. The highest BCUT2D eigenvalue weighted by atomic mass is 32.5. The smallest absolute Gasteiger partial charge is 0.325 e. The Morgan fingerprint density at radius 3 is 2.63 bits per heavy atom. The molecule has 0 bridgehead atoms. The fourth-order valence-corrected chi connectivity index (χ4v) is 7.94. The second-order valence-electron chi connectivity index (χ2n) is 10.1. The maximum Gasteiger partial charge on any atom is 0.325 e. The van der Waals surface area contributed by atoms with Crippen LogP contribution < -0.4 is 17.0 Å². The standard InChI is InChI=1S/C21H26FN9O10P2S3/c1-36-7-2-8(16-12-13(30-46-16)19(32)29-21(24)28-12)39-9(7)3-38-43(35,45)41-15-10(4-37-42(33,34)44)40-20(11(15)22)31-6-27-14-17(23)25-5-26-18(14)31/h5-11,15,20H,2-4H2,1H3,(H,35,45)(H2,23,25,26)(H2,33,34,44)(H3,24,28,29,32)/t7-,8+,9+,10+,11+,15+,20+,43?/m0/s1. The van der Waals surface area contributed by atoms with Crippen LogP contribution in [0, 0.1) is 0 Å². The number of anilines is 2. The van der Waals surface area contributed by atoms with Gasteiger partial charge in [-0.3, -0.25) is 18.9 Å². The van der Waals surface area contributed by atoms with Crippen molar-refractivity contribution in [1.82, 2.24) is 33.9 Å². The minimum absolute atomic E-state index is 0.0497.